The molecule has 2 aromatic carbocycles. The number of carbonyl (C=O) groups is 1. The first-order valence-electron chi connectivity index (χ1n) is 14.0. The normalized spacial score (nSPS) is 19.9. The van der Waals surface area contributed by atoms with Gasteiger partial charge in [-0.3, -0.25) is 9.69 Å². The number of aromatic nitrogens is 5. The number of nitrogens with zero attached hydrogens (tertiary/aromatic N) is 6. The number of hydrogen-bond donors (Lipinski definition) is 1. The summed E-state index contributed by atoms with van der Waals surface area (Å²) in [7, 11) is 1.65. The molecule has 2 aliphatic rings. The largest absolute Gasteiger partial charge is 0.497 e. The van der Waals surface area contributed by atoms with Crippen LogP contribution in [0, 0.1) is 12.8 Å². The molecule has 2 saturated heterocycles. The summed E-state index contributed by atoms with van der Waals surface area (Å²) in [5.74, 6) is 2.93. The lowest BCUT2D eigenvalue weighted by atomic mass is 10.1. The molecular weight excluding hydrogens is 538 g/mol. The lowest BCUT2D eigenvalue weighted by Crippen LogP contribution is -2.52. The quantitative estimate of drug-likeness (QED) is 0.311. The number of piperazine rings is 1. The second kappa shape index (κ2) is 10.9. The van der Waals surface area contributed by atoms with Gasteiger partial charge in [-0.1, -0.05) is 6.07 Å². The first kappa shape index (κ1) is 26.1. The highest BCUT2D eigenvalue weighted by Crippen LogP contribution is 2.30. The Kier molecular flexibility index (Phi) is 6.93. The molecule has 10 nitrogen and oxygen atoms in total. The summed E-state index contributed by atoms with van der Waals surface area (Å²) >= 11 is 1.63. The summed E-state index contributed by atoms with van der Waals surface area (Å²) in [4.78, 5) is 35.9. The van der Waals surface area contributed by atoms with Crippen molar-refractivity contribution in [2.45, 2.75) is 25.9 Å². The highest BCUT2D eigenvalue weighted by Gasteiger charge is 2.35. The number of hydrogen-bond acceptors (Lipinski definition) is 8. The van der Waals surface area contributed by atoms with Gasteiger partial charge in [0.05, 0.1) is 52.4 Å². The van der Waals surface area contributed by atoms with Gasteiger partial charge in [0.2, 0.25) is 5.91 Å². The number of ether oxygens (including phenoxy) is 2. The van der Waals surface area contributed by atoms with Crippen molar-refractivity contribution in [2.24, 2.45) is 5.92 Å². The maximum Gasteiger partial charge on any atom is 0.243 e. The number of nitrogens with one attached hydrogen (secondary N) is 1. The molecule has 2 atom stereocenters. The highest BCUT2D eigenvalue weighted by atomic mass is 32.1. The molecular formula is C30H33N7O3S. The zero-order valence-electron chi connectivity index (χ0n) is 23.2. The van der Waals surface area contributed by atoms with Crippen LogP contribution in [-0.2, 0) is 16.1 Å². The minimum Gasteiger partial charge on any atom is -0.497 e. The van der Waals surface area contributed by atoms with Crippen molar-refractivity contribution in [3.63, 3.8) is 0 Å². The van der Waals surface area contributed by atoms with E-state index in [0.29, 0.717) is 12.5 Å². The monoisotopic (exact) mass is 571 g/mol. The number of amides is 1. The molecule has 0 aliphatic carbocycles. The number of aromatic amines is 1. The van der Waals surface area contributed by atoms with E-state index in [1.807, 2.05) is 52.4 Å². The Hall–Kier alpha value is -3.80. The Morgan fingerprint density at radius 2 is 2.07 bits per heavy atom. The van der Waals surface area contributed by atoms with Crippen LogP contribution in [0.25, 0.3) is 32.5 Å². The van der Waals surface area contributed by atoms with Gasteiger partial charge in [0.25, 0.3) is 0 Å². The zero-order chi connectivity index (χ0) is 27.9. The van der Waals surface area contributed by atoms with Gasteiger partial charge in [0.1, 0.15) is 30.0 Å². The number of H-pyrrole nitrogens is 1. The fraction of sp³-hybridized carbons (Fsp3) is 0.400. The lowest BCUT2D eigenvalue weighted by Gasteiger charge is -2.41. The van der Waals surface area contributed by atoms with Crippen molar-refractivity contribution in [3.05, 3.63) is 59.8 Å². The molecule has 5 heterocycles. The average Bonchev–Trinajstić information content (AvgIpc) is 3.80. The molecule has 3 aromatic heterocycles. The SMILES string of the molecule is COc1ccc2nc(C)n(CC(=O)N3CCN(CC4CCOC4)C[C@H]3c3ncc(-c4ccc5ncsc5c4)[nH]3)c2c1. The lowest BCUT2D eigenvalue weighted by molar-refractivity contribution is -0.137. The maximum absolute atomic E-state index is 14.0. The molecule has 212 valence electrons. The van der Waals surface area contributed by atoms with Gasteiger partial charge >= 0.3 is 0 Å². The van der Waals surface area contributed by atoms with Gasteiger partial charge in [0.15, 0.2) is 0 Å². The topological polar surface area (TPSA) is 101 Å². The predicted octanol–water partition coefficient (Wildman–Crippen LogP) is 4.28. The smallest absolute Gasteiger partial charge is 0.243 e. The molecule has 0 radical (unpaired) electrons. The van der Waals surface area contributed by atoms with Gasteiger partial charge in [-0.05, 0) is 43.5 Å². The summed E-state index contributed by atoms with van der Waals surface area (Å²) in [6, 6.07) is 11.8. The van der Waals surface area contributed by atoms with E-state index in [9.17, 15) is 4.79 Å². The van der Waals surface area contributed by atoms with E-state index in [2.05, 4.69) is 32.0 Å². The number of benzene rings is 2. The summed E-state index contributed by atoms with van der Waals surface area (Å²) in [5.41, 5.74) is 6.60. The number of carbonyl (C=O) groups excluding carboxylic acids is 1. The molecule has 0 bridgehead atoms. The molecule has 11 heteroatoms. The Morgan fingerprint density at radius 1 is 1.17 bits per heavy atom. The number of aryl methyl sites for hydroxylation is 1. The van der Waals surface area contributed by atoms with Crippen molar-refractivity contribution in [1.82, 2.24) is 34.3 Å². The van der Waals surface area contributed by atoms with Gasteiger partial charge in [-0.25, -0.2) is 15.0 Å². The molecule has 2 aliphatic heterocycles. The van der Waals surface area contributed by atoms with Crippen molar-refractivity contribution < 1.29 is 14.3 Å². The fourth-order valence-electron chi connectivity index (χ4n) is 6.08. The molecule has 1 N–H and O–H groups in total. The van der Waals surface area contributed by atoms with Crippen LogP contribution in [0.4, 0.5) is 0 Å². The van der Waals surface area contributed by atoms with Crippen LogP contribution in [0.3, 0.4) is 0 Å². The van der Waals surface area contributed by atoms with E-state index < -0.39 is 0 Å². The number of methoxy groups -OCH3 is 1. The van der Waals surface area contributed by atoms with Crippen molar-refractivity contribution in [3.8, 4) is 17.0 Å². The van der Waals surface area contributed by atoms with Crippen LogP contribution < -0.4 is 4.74 Å². The van der Waals surface area contributed by atoms with E-state index in [1.165, 1.54) is 0 Å². The number of thiazole rings is 1. The first-order valence-corrected chi connectivity index (χ1v) is 14.9. The van der Waals surface area contributed by atoms with Crippen LogP contribution in [0.2, 0.25) is 0 Å². The Morgan fingerprint density at radius 3 is 2.93 bits per heavy atom. The molecule has 7 rings (SSSR count). The second-order valence-electron chi connectivity index (χ2n) is 10.9. The standard InChI is InChI=1S/C30H33N7O3S/c1-19-33-23-6-4-22(39-2)12-26(23)37(19)16-29(38)36-9-8-35(14-20-7-10-40-17-20)15-27(36)30-31-13-25(34-30)21-3-5-24-28(11-21)41-18-32-24/h3-6,11-13,18,20,27H,7-10,14-17H2,1-2H3,(H,31,34)/t20?,27-/m0/s1. The van der Waals surface area contributed by atoms with E-state index in [4.69, 9.17) is 14.5 Å². The minimum absolute atomic E-state index is 0.0492. The van der Waals surface area contributed by atoms with Crippen molar-refractivity contribution >= 4 is 38.5 Å². The Balaban J connectivity index is 1.18. The van der Waals surface area contributed by atoms with Gasteiger partial charge in [0, 0.05) is 44.4 Å². The average molecular weight is 572 g/mol. The third-order valence-electron chi connectivity index (χ3n) is 8.32. The molecule has 5 aromatic rings. The van der Waals surface area contributed by atoms with E-state index in [1.54, 1.807) is 18.4 Å². The molecule has 0 spiro atoms. The fourth-order valence-corrected chi connectivity index (χ4v) is 6.80. The van der Waals surface area contributed by atoms with E-state index >= 15 is 0 Å². The van der Waals surface area contributed by atoms with Gasteiger partial charge < -0.3 is 23.9 Å². The third-order valence-corrected chi connectivity index (χ3v) is 9.11. The number of rotatable bonds is 7. The summed E-state index contributed by atoms with van der Waals surface area (Å²) in [6.07, 6.45) is 2.97. The van der Waals surface area contributed by atoms with Crippen LogP contribution >= 0.6 is 11.3 Å². The number of imidazole rings is 2. The van der Waals surface area contributed by atoms with Crippen LogP contribution in [0.15, 0.2) is 48.1 Å². The van der Waals surface area contributed by atoms with Crippen molar-refractivity contribution in [1.29, 1.82) is 0 Å². The summed E-state index contributed by atoms with van der Waals surface area (Å²) < 4.78 is 14.2. The summed E-state index contributed by atoms with van der Waals surface area (Å²) in [6.45, 7) is 6.95. The van der Waals surface area contributed by atoms with E-state index in [0.717, 1.165) is 89.2 Å². The van der Waals surface area contributed by atoms with Gasteiger partial charge in [-0.2, -0.15) is 0 Å². The third kappa shape index (κ3) is 5.09. The zero-order valence-corrected chi connectivity index (χ0v) is 24.1. The van der Waals surface area contributed by atoms with Gasteiger partial charge in [-0.15, -0.1) is 11.3 Å². The minimum atomic E-state index is -0.191. The molecule has 1 amide bonds. The van der Waals surface area contributed by atoms with Crippen LogP contribution in [-0.4, -0.2) is 86.7 Å². The maximum atomic E-state index is 14.0. The summed E-state index contributed by atoms with van der Waals surface area (Å²) in [5, 5.41) is 0. The molecule has 2 fully saturated rings. The molecule has 0 saturated carbocycles. The van der Waals surface area contributed by atoms with Crippen LogP contribution in [0.1, 0.15) is 24.1 Å². The van der Waals surface area contributed by atoms with E-state index in [-0.39, 0.29) is 18.5 Å². The van der Waals surface area contributed by atoms with Crippen molar-refractivity contribution in [2.75, 3.05) is 46.5 Å². The second-order valence-corrected chi connectivity index (χ2v) is 11.8. The Bertz CT molecular complexity index is 1700. The first-order chi connectivity index (χ1) is 20.1. The number of fused-ring (bicyclic) bond motifs is 2. The molecule has 1 unspecified atom stereocenters. The van der Waals surface area contributed by atoms with Crippen LogP contribution in [0.5, 0.6) is 5.75 Å². The predicted molar refractivity (Wildman–Crippen MR) is 158 cm³/mol. The highest BCUT2D eigenvalue weighted by molar-refractivity contribution is 7.16. The molecule has 41 heavy (non-hydrogen) atoms. The Labute approximate surface area is 241 Å².